The van der Waals surface area contributed by atoms with Gasteiger partial charge in [-0.05, 0) is 45.3 Å². The minimum Gasteiger partial charge on any atom is -0.358 e. The fourth-order valence-corrected chi connectivity index (χ4v) is 4.53. The number of carbonyl (C=O) groups excluding carboxylic acids is 2. The first kappa shape index (κ1) is 19.0. The largest absolute Gasteiger partial charge is 0.358 e. The molecule has 1 unspecified atom stereocenters. The fourth-order valence-electron chi connectivity index (χ4n) is 4.53. The van der Waals surface area contributed by atoms with Crippen LogP contribution in [-0.2, 0) is 4.79 Å². The summed E-state index contributed by atoms with van der Waals surface area (Å²) in [6.07, 6.45) is 4.59. The predicted octanol–water partition coefficient (Wildman–Crippen LogP) is 2.54. The topological polar surface area (TPSA) is 68.4 Å². The summed E-state index contributed by atoms with van der Waals surface area (Å²) in [7, 11) is 0. The van der Waals surface area contributed by atoms with Crippen LogP contribution in [0.2, 0.25) is 0 Å². The van der Waals surface area contributed by atoms with Gasteiger partial charge < -0.3 is 20.1 Å². The second kappa shape index (κ2) is 8.35. The Balaban J connectivity index is 1.32. The monoisotopic (exact) mass is 382 g/mol. The summed E-state index contributed by atoms with van der Waals surface area (Å²) >= 11 is 0. The zero-order chi connectivity index (χ0) is 19.5. The maximum atomic E-state index is 13.1. The van der Waals surface area contributed by atoms with Gasteiger partial charge in [0.15, 0.2) is 0 Å². The van der Waals surface area contributed by atoms with Gasteiger partial charge in [0, 0.05) is 42.8 Å². The van der Waals surface area contributed by atoms with Crippen molar-refractivity contribution in [2.45, 2.75) is 32.6 Å². The van der Waals surface area contributed by atoms with Crippen molar-refractivity contribution in [3.05, 3.63) is 35.5 Å². The molecule has 2 aromatic rings. The Morgan fingerprint density at radius 3 is 2.75 bits per heavy atom. The molecule has 4 rings (SSSR count). The van der Waals surface area contributed by atoms with E-state index < -0.39 is 0 Å². The van der Waals surface area contributed by atoms with Crippen molar-refractivity contribution < 1.29 is 9.59 Å². The van der Waals surface area contributed by atoms with Crippen LogP contribution >= 0.6 is 0 Å². The molecule has 1 aromatic heterocycles. The number of piperidine rings is 1. The van der Waals surface area contributed by atoms with Gasteiger partial charge in [-0.15, -0.1) is 0 Å². The number of nitrogens with one attached hydrogen (secondary N) is 2. The normalized spacial score (nSPS) is 20.6. The maximum Gasteiger partial charge on any atom is 0.256 e. The highest BCUT2D eigenvalue weighted by Gasteiger charge is 2.32. The number of para-hydroxylation sites is 1. The Hall–Kier alpha value is -2.34. The second-order valence-corrected chi connectivity index (χ2v) is 8.10. The van der Waals surface area contributed by atoms with Gasteiger partial charge >= 0.3 is 0 Å². The lowest BCUT2D eigenvalue weighted by molar-refractivity contribution is -0.124. The van der Waals surface area contributed by atoms with E-state index in [1.807, 2.05) is 36.1 Å². The molecule has 2 aliphatic rings. The first-order valence-electron chi connectivity index (χ1n) is 10.5. The molecule has 150 valence electrons. The molecule has 0 aliphatic carbocycles. The third-order valence-electron chi connectivity index (χ3n) is 6.13. The molecule has 2 N–H and O–H groups in total. The highest BCUT2D eigenvalue weighted by Crippen LogP contribution is 2.26. The van der Waals surface area contributed by atoms with Gasteiger partial charge in [-0.25, -0.2) is 0 Å². The number of rotatable bonds is 5. The summed E-state index contributed by atoms with van der Waals surface area (Å²) in [4.78, 5) is 33.2. The molecule has 2 amide bonds. The van der Waals surface area contributed by atoms with Gasteiger partial charge in [0.1, 0.15) is 0 Å². The standard InChI is InChI=1S/C22H30N4O2/c1-16-20(18-7-3-4-8-19(18)24-16)22(28)26-13-9-17(15-26)21(27)23-10-14-25-11-5-2-6-12-25/h3-4,7-8,17,24H,2,5-6,9-15H2,1H3,(H,23,27). The molecular formula is C22H30N4O2. The molecule has 2 fully saturated rings. The van der Waals surface area contributed by atoms with Crippen LogP contribution in [0.3, 0.4) is 0 Å². The number of fused-ring (bicyclic) bond motifs is 1. The quantitative estimate of drug-likeness (QED) is 0.835. The smallest absolute Gasteiger partial charge is 0.256 e. The Labute approximate surface area is 166 Å². The fraction of sp³-hybridized carbons (Fsp3) is 0.545. The van der Waals surface area contributed by atoms with Crippen LogP contribution in [0, 0.1) is 12.8 Å². The molecule has 0 spiro atoms. The van der Waals surface area contributed by atoms with Crippen LogP contribution in [0.1, 0.15) is 41.7 Å². The molecule has 2 aliphatic heterocycles. The Morgan fingerprint density at radius 1 is 1.14 bits per heavy atom. The molecule has 1 atom stereocenters. The van der Waals surface area contributed by atoms with Gasteiger partial charge in [0.2, 0.25) is 5.91 Å². The van der Waals surface area contributed by atoms with Crippen molar-refractivity contribution in [3.8, 4) is 0 Å². The number of aromatic amines is 1. The lowest BCUT2D eigenvalue weighted by Gasteiger charge is -2.26. The summed E-state index contributed by atoms with van der Waals surface area (Å²) in [5, 5.41) is 4.04. The number of hydrogen-bond donors (Lipinski definition) is 2. The van der Waals surface area contributed by atoms with Crippen LogP contribution in [0.15, 0.2) is 24.3 Å². The highest BCUT2D eigenvalue weighted by atomic mass is 16.2. The van der Waals surface area contributed by atoms with Gasteiger partial charge in [-0.3, -0.25) is 9.59 Å². The number of carbonyl (C=O) groups is 2. The average molecular weight is 383 g/mol. The van der Waals surface area contributed by atoms with Crippen LogP contribution in [-0.4, -0.2) is 65.9 Å². The van der Waals surface area contributed by atoms with Gasteiger partial charge in [0.25, 0.3) is 5.91 Å². The zero-order valence-electron chi connectivity index (χ0n) is 16.7. The minimum atomic E-state index is -0.101. The molecule has 6 heteroatoms. The SMILES string of the molecule is Cc1[nH]c2ccccc2c1C(=O)N1CCC(C(=O)NCCN2CCCCC2)C1. The van der Waals surface area contributed by atoms with Crippen molar-refractivity contribution in [2.24, 2.45) is 5.92 Å². The lowest BCUT2D eigenvalue weighted by atomic mass is 10.1. The van der Waals surface area contributed by atoms with E-state index in [2.05, 4.69) is 15.2 Å². The highest BCUT2D eigenvalue weighted by molar-refractivity contribution is 6.08. The van der Waals surface area contributed by atoms with E-state index in [4.69, 9.17) is 0 Å². The molecule has 1 aromatic carbocycles. The number of benzene rings is 1. The first-order valence-corrected chi connectivity index (χ1v) is 10.5. The summed E-state index contributed by atoms with van der Waals surface area (Å²) in [6.45, 7) is 7.00. The summed E-state index contributed by atoms with van der Waals surface area (Å²) in [5.41, 5.74) is 2.61. The molecule has 2 saturated heterocycles. The predicted molar refractivity (Wildman–Crippen MR) is 110 cm³/mol. The van der Waals surface area contributed by atoms with Crippen LogP contribution in [0.5, 0.6) is 0 Å². The number of likely N-dealkylation sites (tertiary alicyclic amines) is 2. The van der Waals surface area contributed by atoms with E-state index in [9.17, 15) is 9.59 Å². The molecule has 6 nitrogen and oxygen atoms in total. The van der Waals surface area contributed by atoms with Crippen molar-refractivity contribution in [3.63, 3.8) is 0 Å². The van der Waals surface area contributed by atoms with Gasteiger partial charge in [-0.2, -0.15) is 0 Å². The van der Waals surface area contributed by atoms with Crippen LogP contribution in [0.25, 0.3) is 10.9 Å². The van der Waals surface area contributed by atoms with Crippen LogP contribution < -0.4 is 5.32 Å². The van der Waals surface area contributed by atoms with E-state index in [0.717, 1.165) is 48.2 Å². The molecular weight excluding hydrogens is 352 g/mol. The van der Waals surface area contributed by atoms with Crippen molar-refractivity contribution >= 4 is 22.7 Å². The Kier molecular flexibility index (Phi) is 5.67. The maximum absolute atomic E-state index is 13.1. The second-order valence-electron chi connectivity index (χ2n) is 8.10. The van der Waals surface area contributed by atoms with Gasteiger partial charge in [0.05, 0.1) is 11.5 Å². The Bertz CT molecular complexity index is 853. The number of aryl methyl sites for hydroxylation is 1. The zero-order valence-corrected chi connectivity index (χ0v) is 16.7. The third kappa shape index (κ3) is 3.92. The summed E-state index contributed by atoms with van der Waals surface area (Å²) < 4.78 is 0. The van der Waals surface area contributed by atoms with E-state index in [0.29, 0.717) is 19.6 Å². The molecule has 0 radical (unpaired) electrons. The van der Waals surface area contributed by atoms with Crippen molar-refractivity contribution in [1.29, 1.82) is 0 Å². The van der Waals surface area contributed by atoms with E-state index >= 15 is 0 Å². The number of H-pyrrole nitrogens is 1. The molecule has 0 bridgehead atoms. The minimum absolute atomic E-state index is 0.0265. The van der Waals surface area contributed by atoms with Crippen molar-refractivity contribution in [1.82, 2.24) is 20.1 Å². The molecule has 28 heavy (non-hydrogen) atoms. The number of nitrogens with zero attached hydrogens (tertiary/aromatic N) is 2. The summed E-state index contributed by atoms with van der Waals surface area (Å²) in [6, 6.07) is 7.89. The van der Waals surface area contributed by atoms with E-state index in [1.165, 1.54) is 19.3 Å². The lowest BCUT2D eigenvalue weighted by Crippen LogP contribution is -2.40. The Morgan fingerprint density at radius 2 is 1.93 bits per heavy atom. The van der Waals surface area contributed by atoms with Crippen molar-refractivity contribution in [2.75, 3.05) is 39.3 Å². The van der Waals surface area contributed by atoms with E-state index in [1.54, 1.807) is 0 Å². The average Bonchev–Trinajstić information content (AvgIpc) is 3.32. The first-order chi connectivity index (χ1) is 13.6. The number of aromatic nitrogens is 1. The van der Waals surface area contributed by atoms with Gasteiger partial charge in [-0.1, -0.05) is 24.6 Å². The van der Waals surface area contributed by atoms with Crippen LogP contribution in [0.4, 0.5) is 0 Å². The van der Waals surface area contributed by atoms with E-state index in [-0.39, 0.29) is 17.7 Å². The molecule has 0 saturated carbocycles. The number of amides is 2. The number of hydrogen-bond acceptors (Lipinski definition) is 3. The third-order valence-corrected chi connectivity index (χ3v) is 6.13. The summed E-state index contributed by atoms with van der Waals surface area (Å²) in [5.74, 6) is 0.0114. The molecule has 3 heterocycles.